The minimum absolute atomic E-state index is 0.265. The third-order valence-electron chi connectivity index (χ3n) is 2.71. The molecule has 0 saturated heterocycles. The smallest absolute Gasteiger partial charge is 0.140 e. The Morgan fingerprint density at radius 2 is 2.00 bits per heavy atom. The predicted octanol–water partition coefficient (Wildman–Crippen LogP) is 3.64. The third kappa shape index (κ3) is 5.45. The molecular weight excluding hydrogens is 244 g/mol. The molecule has 3 nitrogen and oxygen atoms in total. The van der Waals surface area contributed by atoms with Crippen LogP contribution in [0.3, 0.4) is 0 Å². The van der Waals surface area contributed by atoms with Crippen LogP contribution in [0, 0.1) is 5.92 Å². The van der Waals surface area contributed by atoms with Crippen LogP contribution in [0.15, 0.2) is 35.5 Å². The molecule has 0 saturated carbocycles. The van der Waals surface area contributed by atoms with E-state index in [0.29, 0.717) is 18.2 Å². The summed E-state index contributed by atoms with van der Waals surface area (Å²) in [4.78, 5) is 0. The third-order valence-corrected chi connectivity index (χ3v) is 4.02. The molecule has 100 valence electrons. The van der Waals surface area contributed by atoms with Gasteiger partial charge < -0.3 is 10.9 Å². The first-order valence-corrected chi connectivity index (χ1v) is 7.31. The quantitative estimate of drug-likeness (QED) is 0.343. The molecule has 0 aliphatic heterocycles. The first-order chi connectivity index (χ1) is 8.63. The highest BCUT2D eigenvalue weighted by Crippen LogP contribution is 2.32. The second-order valence-electron chi connectivity index (χ2n) is 4.75. The highest BCUT2D eigenvalue weighted by atomic mass is 32.2. The Hall–Kier alpha value is -1.16. The van der Waals surface area contributed by atoms with Crippen molar-refractivity contribution in [2.45, 2.75) is 31.9 Å². The van der Waals surface area contributed by atoms with Crippen LogP contribution in [0.1, 0.15) is 37.5 Å². The molecule has 1 aromatic carbocycles. The van der Waals surface area contributed by atoms with Crippen molar-refractivity contribution in [2.75, 3.05) is 5.75 Å². The van der Waals surface area contributed by atoms with Gasteiger partial charge in [0.2, 0.25) is 0 Å². The lowest BCUT2D eigenvalue weighted by atomic mass is 10.1. The van der Waals surface area contributed by atoms with Crippen LogP contribution < -0.4 is 5.73 Å². The van der Waals surface area contributed by atoms with Gasteiger partial charge in [0.1, 0.15) is 5.84 Å². The molecule has 0 heterocycles. The van der Waals surface area contributed by atoms with Gasteiger partial charge in [0, 0.05) is 11.7 Å². The molecule has 1 rings (SSSR count). The van der Waals surface area contributed by atoms with E-state index in [4.69, 9.17) is 10.9 Å². The summed E-state index contributed by atoms with van der Waals surface area (Å²) >= 11 is 1.87. The first-order valence-electron chi connectivity index (χ1n) is 6.26. The Bertz CT molecular complexity index is 365. The van der Waals surface area contributed by atoms with Gasteiger partial charge in [0.15, 0.2) is 0 Å². The Morgan fingerprint density at radius 1 is 1.33 bits per heavy atom. The predicted molar refractivity (Wildman–Crippen MR) is 79.1 cm³/mol. The van der Waals surface area contributed by atoms with Crippen molar-refractivity contribution in [1.82, 2.24) is 0 Å². The van der Waals surface area contributed by atoms with Crippen molar-refractivity contribution in [3.8, 4) is 0 Å². The average Bonchev–Trinajstić information content (AvgIpc) is 2.38. The highest BCUT2D eigenvalue weighted by Gasteiger charge is 2.14. The number of nitrogens with two attached hydrogens (primary N) is 1. The molecule has 1 unspecified atom stereocenters. The normalized spacial score (nSPS) is 13.8. The van der Waals surface area contributed by atoms with E-state index in [-0.39, 0.29) is 5.25 Å². The summed E-state index contributed by atoms with van der Waals surface area (Å²) < 4.78 is 0. The molecule has 4 heteroatoms. The summed E-state index contributed by atoms with van der Waals surface area (Å²) in [5.41, 5.74) is 6.86. The molecule has 18 heavy (non-hydrogen) atoms. The number of rotatable bonds is 7. The second kappa shape index (κ2) is 8.03. The number of amidine groups is 1. The fraction of sp³-hybridized carbons (Fsp3) is 0.500. The molecule has 0 spiro atoms. The summed E-state index contributed by atoms with van der Waals surface area (Å²) in [7, 11) is 0. The van der Waals surface area contributed by atoms with E-state index in [1.54, 1.807) is 0 Å². The second-order valence-corrected chi connectivity index (χ2v) is 6.06. The monoisotopic (exact) mass is 266 g/mol. The Labute approximate surface area is 113 Å². The van der Waals surface area contributed by atoms with Gasteiger partial charge in [-0.05, 0) is 23.7 Å². The lowest BCUT2D eigenvalue weighted by Gasteiger charge is -2.17. The molecule has 0 bridgehead atoms. The van der Waals surface area contributed by atoms with Crippen LogP contribution in [0.2, 0.25) is 0 Å². The maximum Gasteiger partial charge on any atom is 0.140 e. The van der Waals surface area contributed by atoms with E-state index < -0.39 is 0 Å². The molecule has 0 aliphatic rings. The number of hydrogen-bond acceptors (Lipinski definition) is 3. The molecule has 0 radical (unpaired) electrons. The zero-order chi connectivity index (χ0) is 13.4. The van der Waals surface area contributed by atoms with Crippen molar-refractivity contribution in [2.24, 2.45) is 16.8 Å². The van der Waals surface area contributed by atoms with E-state index in [9.17, 15) is 0 Å². The molecule has 1 aromatic rings. The van der Waals surface area contributed by atoms with Crippen LogP contribution in [0.5, 0.6) is 0 Å². The van der Waals surface area contributed by atoms with Crippen LogP contribution in [0.4, 0.5) is 0 Å². The van der Waals surface area contributed by atoms with Crippen LogP contribution in [0.25, 0.3) is 0 Å². The zero-order valence-corrected chi connectivity index (χ0v) is 11.9. The van der Waals surface area contributed by atoms with E-state index >= 15 is 0 Å². The number of oxime groups is 1. The summed E-state index contributed by atoms with van der Waals surface area (Å²) in [6, 6.07) is 10.2. The number of nitrogens with zero attached hydrogens (tertiary/aromatic N) is 1. The van der Waals surface area contributed by atoms with Gasteiger partial charge in [0.25, 0.3) is 0 Å². The van der Waals surface area contributed by atoms with Crippen molar-refractivity contribution >= 4 is 17.6 Å². The van der Waals surface area contributed by atoms with Crippen LogP contribution >= 0.6 is 11.8 Å². The van der Waals surface area contributed by atoms with Gasteiger partial charge in [0.05, 0.1) is 0 Å². The molecule has 1 atom stereocenters. The van der Waals surface area contributed by atoms with Crippen LogP contribution in [-0.2, 0) is 0 Å². The van der Waals surface area contributed by atoms with Crippen molar-refractivity contribution in [1.29, 1.82) is 0 Å². The Kier molecular flexibility index (Phi) is 6.65. The van der Waals surface area contributed by atoms with Gasteiger partial charge >= 0.3 is 0 Å². The maximum atomic E-state index is 8.70. The molecule has 0 aliphatic carbocycles. The van der Waals surface area contributed by atoms with E-state index in [1.807, 2.05) is 30.0 Å². The number of hydrogen-bond donors (Lipinski definition) is 2. The molecule has 3 N–H and O–H groups in total. The molecule has 0 amide bonds. The minimum atomic E-state index is 0.265. The van der Waals surface area contributed by atoms with E-state index in [2.05, 4.69) is 31.1 Å². The van der Waals surface area contributed by atoms with Gasteiger partial charge in [-0.25, -0.2) is 0 Å². The zero-order valence-electron chi connectivity index (χ0n) is 11.0. The molecule has 0 fully saturated rings. The summed E-state index contributed by atoms with van der Waals surface area (Å²) in [5, 5.41) is 12.0. The average molecular weight is 266 g/mol. The fourth-order valence-electron chi connectivity index (χ4n) is 1.62. The largest absolute Gasteiger partial charge is 0.409 e. The summed E-state index contributed by atoms with van der Waals surface area (Å²) in [5.74, 6) is 2.09. The first kappa shape index (κ1) is 14.9. The lowest BCUT2D eigenvalue weighted by molar-refractivity contribution is 0.317. The highest BCUT2D eigenvalue weighted by molar-refractivity contribution is 7.99. The Morgan fingerprint density at radius 3 is 2.56 bits per heavy atom. The van der Waals surface area contributed by atoms with Gasteiger partial charge in [-0.2, -0.15) is 11.8 Å². The number of benzene rings is 1. The SMILES string of the molecule is CC(C)CCSC(C/C(N)=N/O)c1ccccc1. The molecule has 0 aromatic heterocycles. The van der Waals surface area contributed by atoms with Gasteiger partial charge in [-0.1, -0.05) is 49.3 Å². The van der Waals surface area contributed by atoms with Crippen molar-refractivity contribution < 1.29 is 5.21 Å². The van der Waals surface area contributed by atoms with Crippen molar-refractivity contribution in [3.63, 3.8) is 0 Å². The van der Waals surface area contributed by atoms with Gasteiger partial charge in [-0.3, -0.25) is 0 Å². The molecular formula is C14H22N2OS. The maximum absolute atomic E-state index is 8.70. The number of thioether (sulfide) groups is 1. The summed E-state index contributed by atoms with van der Waals surface area (Å²) in [6.45, 7) is 4.45. The van der Waals surface area contributed by atoms with E-state index in [1.165, 1.54) is 12.0 Å². The summed E-state index contributed by atoms with van der Waals surface area (Å²) in [6.07, 6.45) is 1.77. The van der Waals surface area contributed by atoms with Gasteiger partial charge in [-0.15, -0.1) is 0 Å². The lowest BCUT2D eigenvalue weighted by Crippen LogP contribution is -2.15. The van der Waals surface area contributed by atoms with Crippen LogP contribution in [-0.4, -0.2) is 16.8 Å². The van der Waals surface area contributed by atoms with E-state index in [0.717, 1.165) is 5.75 Å². The topological polar surface area (TPSA) is 58.6 Å². The standard InChI is InChI=1S/C14H22N2OS/c1-11(2)8-9-18-13(10-14(15)16-17)12-6-4-3-5-7-12/h3-7,11,13,17H,8-10H2,1-2H3,(H2,15,16). The fourth-order valence-corrected chi connectivity index (χ4v) is 3.15. The Balaban J connectivity index is 2.64. The van der Waals surface area contributed by atoms with Crippen molar-refractivity contribution in [3.05, 3.63) is 35.9 Å². The minimum Gasteiger partial charge on any atom is -0.409 e.